The van der Waals surface area contributed by atoms with Crippen molar-refractivity contribution < 1.29 is 0 Å². The summed E-state index contributed by atoms with van der Waals surface area (Å²) in [5, 5.41) is 4.33. The third kappa shape index (κ3) is 0.897. The Morgan fingerprint density at radius 2 is 2.00 bits per heavy atom. The fourth-order valence-corrected chi connectivity index (χ4v) is 1.25. The van der Waals surface area contributed by atoms with Crippen LogP contribution in [0, 0.1) is 20.8 Å². The molecule has 62 valence electrons. The number of hydrogen-bond donors (Lipinski definition) is 0. The summed E-state index contributed by atoms with van der Waals surface area (Å²) in [5.41, 5.74) is 4.27. The Balaban J connectivity index is 2.89. The number of rotatable bonds is 0. The van der Waals surface area contributed by atoms with Crippen LogP contribution in [0.1, 0.15) is 17.0 Å². The molecule has 3 nitrogen and oxygen atoms in total. The standard InChI is InChI=1S/C9H11N3/c1-6-5-10-9-4-7(2)11-12(9)8(6)3/h4-5H,1-3H3. The normalized spacial score (nSPS) is 10.9. The van der Waals surface area contributed by atoms with Gasteiger partial charge in [-0.2, -0.15) is 5.10 Å². The maximum absolute atomic E-state index is 4.33. The van der Waals surface area contributed by atoms with E-state index in [1.807, 2.05) is 30.6 Å². The smallest absolute Gasteiger partial charge is 0.155 e. The largest absolute Gasteiger partial charge is 0.237 e. The molecule has 0 aliphatic heterocycles. The highest BCUT2D eigenvalue weighted by Gasteiger charge is 2.02. The Hall–Kier alpha value is -1.38. The maximum atomic E-state index is 4.33. The maximum Gasteiger partial charge on any atom is 0.155 e. The second-order valence-electron chi connectivity index (χ2n) is 3.08. The Bertz CT molecular complexity index is 429. The van der Waals surface area contributed by atoms with E-state index in [1.165, 1.54) is 5.56 Å². The van der Waals surface area contributed by atoms with E-state index in [0.29, 0.717) is 0 Å². The minimum Gasteiger partial charge on any atom is -0.237 e. The van der Waals surface area contributed by atoms with Crippen molar-refractivity contribution >= 4 is 5.65 Å². The van der Waals surface area contributed by atoms with Gasteiger partial charge in [-0.3, -0.25) is 0 Å². The molecular weight excluding hydrogens is 150 g/mol. The molecule has 0 N–H and O–H groups in total. The molecule has 0 saturated carbocycles. The second-order valence-corrected chi connectivity index (χ2v) is 3.08. The van der Waals surface area contributed by atoms with Crippen LogP contribution in [0.15, 0.2) is 12.3 Å². The van der Waals surface area contributed by atoms with Gasteiger partial charge in [-0.25, -0.2) is 9.50 Å². The van der Waals surface area contributed by atoms with Crippen LogP contribution in [0.25, 0.3) is 5.65 Å². The minimum absolute atomic E-state index is 0.926. The lowest BCUT2D eigenvalue weighted by Crippen LogP contribution is -1.97. The van der Waals surface area contributed by atoms with Gasteiger partial charge in [-0.05, 0) is 26.3 Å². The van der Waals surface area contributed by atoms with Crippen molar-refractivity contribution in [2.45, 2.75) is 20.8 Å². The summed E-state index contributed by atoms with van der Waals surface area (Å²) in [5.74, 6) is 0. The average molecular weight is 161 g/mol. The Kier molecular flexibility index (Phi) is 1.40. The fraction of sp³-hybridized carbons (Fsp3) is 0.333. The van der Waals surface area contributed by atoms with E-state index >= 15 is 0 Å². The van der Waals surface area contributed by atoms with E-state index in [4.69, 9.17) is 0 Å². The van der Waals surface area contributed by atoms with Crippen molar-refractivity contribution in [3.63, 3.8) is 0 Å². The van der Waals surface area contributed by atoms with Gasteiger partial charge >= 0.3 is 0 Å². The first-order valence-corrected chi connectivity index (χ1v) is 3.97. The van der Waals surface area contributed by atoms with Gasteiger partial charge in [-0.1, -0.05) is 0 Å². The van der Waals surface area contributed by atoms with Crippen molar-refractivity contribution in [1.82, 2.24) is 14.6 Å². The second kappa shape index (κ2) is 2.30. The van der Waals surface area contributed by atoms with Crippen LogP contribution in [-0.2, 0) is 0 Å². The third-order valence-corrected chi connectivity index (χ3v) is 2.09. The van der Waals surface area contributed by atoms with E-state index in [-0.39, 0.29) is 0 Å². The van der Waals surface area contributed by atoms with Crippen LogP contribution in [0.2, 0.25) is 0 Å². The molecule has 2 aromatic rings. The molecule has 3 heteroatoms. The Labute approximate surface area is 71.1 Å². The lowest BCUT2D eigenvalue weighted by molar-refractivity contribution is 0.865. The molecule has 0 fully saturated rings. The average Bonchev–Trinajstić information content (AvgIpc) is 2.39. The predicted octanol–water partition coefficient (Wildman–Crippen LogP) is 1.65. The monoisotopic (exact) mass is 161 g/mol. The molecule has 2 rings (SSSR count). The van der Waals surface area contributed by atoms with E-state index in [2.05, 4.69) is 17.0 Å². The van der Waals surface area contributed by atoms with Crippen molar-refractivity contribution in [3.8, 4) is 0 Å². The van der Waals surface area contributed by atoms with Crippen molar-refractivity contribution in [1.29, 1.82) is 0 Å². The Morgan fingerprint density at radius 1 is 1.25 bits per heavy atom. The quantitative estimate of drug-likeness (QED) is 0.588. The highest BCUT2D eigenvalue weighted by Crippen LogP contribution is 2.08. The van der Waals surface area contributed by atoms with Crippen LogP contribution in [-0.4, -0.2) is 14.6 Å². The molecule has 2 aromatic heterocycles. The van der Waals surface area contributed by atoms with Gasteiger partial charge in [0.05, 0.1) is 5.69 Å². The lowest BCUT2D eigenvalue weighted by atomic mass is 10.3. The summed E-state index contributed by atoms with van der Waals surface area (Å²) in [7, 11) is 0. The van der Waals surface area contributed by atoms with Gasteiger partial charge in [0.1, 0.15) is 0 Å². The molecule has 2 heterocycles. The number of nitrogens with zero attached hydrogens (tertiary/aromatic N) is 3. The van der Waals surface area contributed by atoms with Crippen LogP contribution < -0.4 is 0 Å². The van der Waals surface area contributed by atoms with Gasteiger partial charge in [0.2, 0.25) is 0 Å². The summed E-state index contributed by atoms with van der Waals surface area (Å²) in [6.07, 6.45) is 1.88. The van der Waals surface area contributed by atoms with Crippen LogP contribution in [0.5, 0.6) is 0 Å². The number of aromatic nitrogens is 3. The van der Waals surface area contributed by atoms with E-state index in [9.17, 15) is 0 Å². The van der Waals surface area contributed by atoms with Crippen molar-refractivity contribution in [3.05, 3.63) is 29.2 Å². The van der Waals surface area contributed by atoms with Gasteiger partial charge in [0.15, 0.2) is 5.65 Å². The van der Waals surface area contributed by atoms with Crippen LogP contribution in [0.4, 0.5) is 0 Å². The minimum atomic E-state index is 0.926. The Morgan fingerprint density at radius 3 is 2.75 bits per heavy atom. The zero-order valence-corrected chi connectivity index (χ0v) is 7.50. The first-order chi connectivity index (χ1) is 5.68. The van der Waals surface area contributed by atoms with Crippen LogP contribution >= 0.6 is 0 Å². The van der Waals surface area contributed by atoms with Gasteiger partial charge < -0.3 is 0 Å². The summed E-state index contributed by atoms with van der Waals surface area (Å²) >= 11 is 0. The molecule has 0 spiro atoms. The summed E-state index contributed by atoms with van der Waals surface area (Å²) in [6.45, 7) is 6.07. The van der Waals surface area contributed by atoms with Crippen molar-refractivity contribution in [2.75, 3.05) is 0 Å². The molecular formula is C9H11N3. The third-order valence-electron chi connectivity index (χ3n) is 2.09. The molecule has 0 amide bonds. The lowest BCUT2D eigenvalue weighted by Gasteiger charge is -2.00. The molecule has 0 aliphatic carbocycles. The molecule has 12 heavy (non-hydrogen) atoms. The van der Waals surface area contributed by atoms with Gasteiger partial charge in [0, 0.05) is 18.0 Å². The number of aryl methyl sites for hydroxylation is 3. The van der Waals surface area contributed by atoms with E-state index in [0.717, 1.165) is 17.0 Å². The van der Waals surface area contributed by atoms with Crippen LogP contribution in [0.3, 0.4) is 0 Å². The van der Waals surface area contributed by atoms with Gasteiger partial charge in [0.25, 0.3) is 0 Å². The van der Waals surface area contributed by atoms with Crippen molar-refractivity contribution in [2.24, 2.45) is 0 Å². The molecule has 0 bridgehead atoms. The molecule has 0 saturated heterocycles. The first-order valence-electron chi connectivity index (χ1n) is 3.97. The first kappa shape index (κ1) is 7.28. The molecule has 0 radical (unpaired) electrons. The highest BCUT2D eigenvalue weighted by atomic mass is 15.3. The fourth-order valence-electron chi connectivity index (χ4n) is 1.25. The molecule has 0 unspecified atom stereocenters. The molecule has 0 aliphatic rings. The number of hydrogen-bond acceptors (Lipinski definition) is 2. The van der Waals surface area contributed by atoms with Gasteiger partial charge in [-0.15, -0.1) is 0 Å². The summed E-state index contributed by atoms with van der Waals surface area (Å²) in [6, 6.07) is 1.98. The number of fused-ring (bicyclic) bond motifs is 1. The van der Waals surface area contributed by atoms with E-state index < -0.39 is 0 Å². The van der Waals surface area contributed by atoms with E-state index in [1.54, 1.807) is 0 Å². The SMILES string of the molecule is Cc1cc2ncc(C)c(C)n2n1. The topological polar surface area (TPSA) is 30.2 Å². The predicted molar refractivity (Wildman–Crippen MR) is 47.2 cm³/mol. The highest BCUT2D eigenvalue weighted by molar-refractivity contribution is 5.41. The summed E-state index contributed by atoms with van der Waals surface area (Å²) < 4.78 is 1.88. The molecule has 0 aromatic carbocycles. The zero-order chi connectivity index (χ0) is 8.72. The zero-order valence-electron chi connectivity index (χ0n) is 7.50. The summed E-state index contributed by atoms with van der Waals surface area (Å²) in [4.78, 5) is 4.26. The molecule has 0 atom stereocenters.